The van der Waals surface area contributed by atoms with Crippen LogP contribution in [0.4, 0.5) is 0 Å². The minimum Gasteiger partial charge on any atom is -0.411 e. The number of allylic oxidation sites excluding steroid dienone is 2. The molecule has 1 aliphatic rings. The lowest BCUT2D eigenvalue weighted by molar-refractivity contribution is -0.126. The first-order valence-electron chi connectivity index (χ1n) is 8.39. The van der Waals surface area contributed by atoms with Crippen LogP contribution in [-0.2, 0) is 4.79 Å². The van der Waals surface area contributed by atoms with Crippen LogP contribution in [0.15, 0.2) is 45.7 Å². The number of halogens is 1. The fraction of sp³-hybridized carbons (Fsp3) is 0.389. The number of nitrogens with zero attached hydrogens (tertiary/aromatic N) is 3. The van der Waals surface area contributed by atoms with Crippen LogP contribution in [0.1, 0.15) is 32.6 Å². The van der Waals surface area contributed by atoms with Gasteiger partial charge in [0.1, 0.15) is 0 Å². The van der Waals surface area contributed by atoms with E-state index in [2.05, 4.69) is 16.3 Å². The van der Waals surface area contributed by atoms with Crippen LogP contribution in [0.3, 0.4) is 0 Å². The summed E-state index contributed by atoms with van der Waals surface area (Å²) >= 11 is 7.24. The Kier molecular flexibility index (Phi) is 6.15. The van der Waals surface area contributed by atoms with Gasteiger partial charge in [0.15, 0.2) is 0 Å². The number of carbonyl (C=O) groups is 1. The summed E-state index contributed by atoms with van der Waals surface area (Å²) in [6.07, 6.45) is 6.57. The van der Waals surface area contributed by atoms with E-state index in [1.807, 2.05) is 24.0 Å². The van der Waals surface area contributed by atoms with Crippen LogP contribution in [-0.4, -0.2) is 33.3 Å². The minimum atomic E-state index is 0.0724. The highest BCUT2D eigenvalue weighted by Crippen LogP contribution is 2.26. The monoisotopic (exact) mass is 377 g/mol. The van der Waals surface area contributed by atoms with Gasteiger partial charge in [0.2, 0.25) is 11.8 Å². The summed E-state index contributed by atoms with van der Waals surface area (Å²) < 4.78 is 5.63. The van der Waals surface area contributed by atoms with E-state index in [1.165, 1.54) is 18.2 Å². The van der Waals surface area contributed by atoms with Crippen molar-refractivity contribution in [2.75, 3.05) is 12.3 Å². The third kappa shape index (κ3) is 4.64. The van der Waals surface area contributed by atoms with Gasteiger partial charge in [0.25, 0.3) is 5.22 Å². The van der Waals surface area contributed by atoms with Gasteiger partial charge in [0, 0.05) is 22.8 Å². The second kappa shape index (κ2) is 8.54. The van der Waals surface area contributed by atoms with E-state index < -0.39 is 0 Å². The molecule has 3 rings (SSSR count). The maximum absolute atomic E-state index is 12.5. The zero-order valence-corrected chi connectivity index (χ0v) is 15.6. The fourth-order valence-electron chi connectivity index (χ4n) is 2.81. The smallest absolute Gasteiger partial charge is 0.277 e. The highest BCUT2D eigenvalue weighted by molar-refractivity contribution is 7.99. The molecular formula is C18H20ClN3O2S. The van der Waals surface area contributed by atoms with Crippen molar-refractivity contribution < 1.29 is 9.21 Å². The van der Waals surface area contributed by atoms with Gasteiger partial charge < -0.3 is 9.32 Å². The van der Waals surface area contributed by atoms with Crippen molar-refractivity contribution >= 4 is 29.3 Å². The summed E-state index contributed by atoms with van der Waals surface area (Å²) in [5, 5.41) is 9.03. The number of aromatic nitrogens is 2. The molecule has 0 saturated heterocycles. The van der Waals surface area contributed by atoms with Crippen molar-refractivity contribution in [3.8, 4) is 11.5 Å². The predicted octanol–water partition coefficient (Wildman–Crippen LogP) is 4.79. The number of thioether (sulfide) groups is 1. The minimum absolute atomic E-state index is 0.0724. The van der Waals surface area contributed by atoms with Crippen LogP contribution < -0.4 is 0 Å². The number of hydrogen-bond donors (Lipinski definition) is 0. The van der Waals surface area contributed by atoms with Crippen LogP contribution in [0.2, 0.25) is 5.02 Å². The molecule has 1 heterocycles. The molecule has 5 nitrogen and oxygen atoms in total. The molecule has 132 valence electrons. The Labute approximate surface area is 156 Å². The summed E-state index contributed by atoms with van der Waals surface area (Å²) in [6, 6.07) is 7.24. The summed E-state index contributed by atoms with van der Waals surface area (Å²) in [4.78, 5) is 14.4. The van der Waals surface area contributed by atoms with E-state index >= 15 is 0 Å². The van der Waals surface area contributed by atoms with Gasteiger partial charge in [0.05, 0.1) is 5.75 Å². The highest BCUT2D eigenvalue weighted by atomic mass is 35.5. The number of benzene rings is 1. The van der Waals surface area contributed by atoms with Crippen molar-refractivity contribution in [2.24, 2.45) is 0 Å². The van der Waals surface area contributed by atoms with Gasteiger partial charge >= 0.3 is 0 Å². The van der Waals surface area contributed by atoms with Crippen LogP contribution >= 0.6 is 23.4 Å². The summed E-state index contributed by atoms with van der Waals surface area (Å²) in [7, 11) is 0. The third-order valence-electron chi connectivity index (χ3n) is 4.03. The van der Waals surface area contributed by atoms with Gasteiger partial charge in [-0.05, 0) is 50.8 Å². The van der Waals surface area contributed by atoms with Crippen molar-refractivity contribution in [2.45, 2.75) is 37.8 Å². The van der Waals surface area contributed by atoms with Crippen molar-refractivity contribution in [1.82, 2.24) is 15.1 Å². The molecule has 0 saturated carbocycles. The first-order valence-corrected chi connectivity index (χ1v) is 9.75. The standard InChI is InChI=1S/C18H20ClN3O2S/c1-2-22(15-9-4-3-5-10-15)16(23)12-25-18-21-20-17(24-18)13-7-6-8-14(19)11-13/h6-9,11H,2-5,10,12H2,1H3. The van der Waals surface area contributed by atoms with Crippen molar-refractivity contribution in [1.29, 1.82) is 0 Å². The Morgan fingerprint density at radius 1 is 1.36 bits per heavy atom. The van der Waals surface area contributed by atoms with Gasteiger partial charge in [-0.25, -0.2) is 0 Å². The maximum atomic E-state index is 12.5. The molecular weight excluding hydrogens is 358 g/mol. The molecule has 1 aromatic carbocycles. The number of rotatable bonds is 6. The van der Waals surface area contributed by atoms with E-state index in [0.29, 0.717) is 22.7 Å². The Hall–Kier alpha value is -1.79. The average molecular weight is 378 g/mol. The maximum Gasteiger partial charge on any atom is 0.277 e. The first kappa shape index (κ1) is 18.0. The Balaban J connectivity index is 1.61. The van der Waals surface area contributed by atoms with E-state index in [0.717, 1.165) is 30.5 Å². The number of hydrogen-bond acceptors (Lipinski definition) is 5. The van der Waals surface area contributed by atoms with E-state index in [9.17, 15) is 4.79 Å². The van der Waals surface area contributed by atoms with E-state index in [4.69, 9.17) is 16.0 Å². The van der Waals surface area contributed by atoms with E-state index in [1.54, 1.807) is 12.1 Å². The molecule has 25 heavy (non-hydrogen) atoms. The SMILES string of the molecule is CCN(C(=O)CSc1nnc(-c2cccc(Cl)c2)o1)C1=CCCCC1. The molecule has 1 aromatic heterocycles. The van der Waals surface area contributed by atoms with Gasteiger partial charge in [-0.15, -0.1) is 10.2 Å². The van der Waals surface area contributed by atoms with E-state index in [-0.39, 0.29) is 11.7 Å². The molecule has 0 N–H and O–H groups in total. The Morgan fingerprint density at radius 3 is 2.96 bits per heavy atom. The highest BCUT2D eigenvalue weighted by Gasteiger charge is 2.19. The van der Waals surface area contributed by atoms with Gasteiger partial charge in [-0.3, -0.25) is 4.79 Å². The number of carbonyl (C=O) groups excluding carboxylic acids is 1. The van der Waals surface area contributed by atoms with Gasteiger partial charge in [-0.1, -0.05) is 35.5 Å². The molecule has 0 aliphatic heterocycles. The summed E-state index contributed by atoms with van der Waals surface area (Å²) in [5.74, 6) is 0.755. The fourth-order valence-corrected chi connectivity index (χ4v) is 3.64. The molecule has 1 aliphatic carbocycles. The first-order chi connectivity index (χ1) is 12.2. The van der Waals surface area contributed by atoms with Crippen molar-refractivity contribution in [3.63, 3.8) is 0 Å². The molecule has 1 amide bonds. The molecule has 7 heteroatoms. The largest absolute Gasteiger partial charge is 0.411 e. The lowest BCUT2D eigenvalue weighted by Gasteiger charge is -2.26. The molecule has 0 spiro atoms. The zero-order chi connectivity index (χ0) is 17.6. The Bertz CT molecular complexity index is 775. The predicted molar refractivity (Wildman–Crippen MR) is 99.4 cm³/mol. The number of amides is 1. The van der Waals surface area contributed by atoms with Crippen LogP contribution in [0, 0.1) is 0 Å². The molecule has 0 bridgehead atoms. The normalized spacial score (nSPS) is 14.2. The van der Waals surface area contributed by atoms with Crippen molar-refractivity contribution in [3.05, 3.63) is 41.1 Å². The molecule has 0 unspecified atom stereocenters. The second-order valence-electron chi connectivity index (χ2n) is 5.75. The summed E-state index contributed by atoms with van der Waals surface area (Å²) in [5.41, 5.74) is 1.91. The zero-order valence-electron chi connectivity index (χ0n) is 14.1. The quantitative estimate of drug-likeness (QED) is 0.677. The lowest BCUT2D eigenvalue weighted by atomic mass is 10.0. The van der Waals surface area contributed by atoms with Crippen LogP contribution in [0.5, 0.6) is 0 Å². The Morgan fingerprint density at radius 2 is 2.24 bits per heavy atom. The topological polar surface area (TPSA) is 59.2 Å². The summed E-state index contributed by atoms with van der Waals surface area (Å²) in [6.45, 7) is 2.69. The van der Waals surface area contributed by atoms with Crippen LogP contribution in [0.25, 0.3) is 11.5 Å². The third-order valence-corrected chi connectivity index (χ3v) is 5.07. The molecule has 0 fully saturated rings. The lowest BCUT2D eigenvalue weighted by Crippen LogP contribution is -2.32. The molecule has 0 radical (unpaired) electrons. The average Bonchev–Trinajstić information content (AvgIpc) is 3.11. The molecule has 2 aromatic rings. The van der Waals surface area contributed by atoms with Gasteiger partial charge in [-0.2, -0.15) is 0 Å². The second-order valence-corrected chi connectivity index (χ2v) is 7.11. The molecule has 0 atom stereocenters.